The zero-order chi connectivity index (χ0) is 19.8. The van der Waals surface area contributed by atoms with Crippen LogP contribution in [0.2, 0.25) is 0 Å². The van der Waals surface area contributed by atoms with E-state index in [1.165, 1.54) is 5.56 Å². The topological polar surface area (TPSA) is 68.8 Å². The average Bonchev–Trinajstić information content (AvgIpc) is 2.77. The lowest BCUT2D eigenvalue weighted by molar-refractivity contribution is 0.0506. The van der Waals surface area contributed by atoms with Gasteiger partial charge in [-0.15, -0.1) is 0 Å². The van der Waals surface area contributed by atoms with E-state index in [1.807, 2.05) is 36.4 Å². The molecule has 0 spiro atoms. The largest absolute Gasteiger partial charge is 0.497 e. The molecule has 1 heterocycles. The number of benzene rings is 2. The molecular formula is C22H28N2O4. The summed E-state index contributed by atoms with van der Waals surface area (Å²) < 4.78 is 16.0. The number of methoxy groups -OCH3 is 2. The molecule has 0 radical (unpaired) electrons. The van der Waals surface area contributed by atoms with Crippen molar-refractivity contribution in [3.63, 3.8) is 0 Å². The van der Waals surface area contributed by atoms with Crippen LogP contribution in [-0.2, 0) is 16.7 Å². The van der Waals surface area contributed by atoms with Gasteiger partial charge in [0.2, 0.25) is 0 Å². The Morgan fingerprint density at radius 2 is 1.50 bits per heavy atom. The molecule has 2 N–H and O–H groups in total. The van der Waals surface area contributed by atoms with Gasteiger partial charge in [0.25, 0.3) is 0 Å². The first kappa shape index (κ1) is 20.0. The number of urea groups is 1. The molecule has 0 aliphatic carbocycles. The summed E-state index contributed by atoms with van der Waals surface area (Å²) in [6.07, 6.45) is 1.75. The van der Waals surface area contributed by atoms with Crippen LogP contribution < -0.4 is 20.1 Å². The van der Waals surface area contributed by atoms with Crippen LogP contribution in [0.15, 0.2) is 48.5 Å². The highest BCUT2D eigenvalue weighted by Gasteiger charge is 2.34. The van der Waals surface area contributed by atoms with Gasteiger partial charge in [-0.25, -0.2) is 4.79 Å². The van der Waals surface area contributed by atoms with Crippen LogP contribution >= 0.6 is 0 Å². The highest BCUT2D eigenvalue weighted by atomic mass is 16.5. The van der Waals surface area contributed by atoms with Gasteiger partial charge < -0.3 is 24.8 Å². The van der Waals surface area contributed by atoms with Gasteiger partial charge in [-0.2, -0.15) is 0 Å². The molecule has 2 amide bonds. The molecular weight excluding hydrogens is 356 g/mol. The molecule has 6 heteroatoms. The summed E-state index contributed by atoms with van der Waals surface area (Å²) in [5.74, 6) is 1.63. The van der Waals surface area contributed by atoms with E-state index >= 15 is 0 Å². The fourth-order valence-electron chi connectivity index (χ4n) is 3.51. The van der Waals surface area contributed by atoms with Crippen LogP contribution in [-0.4, -0.2) is 40.0 Å². The second-order valence-corrected chi connectivity index (χ2v) is 7.01. The van der Waals surface area contributed by atoms with Crippen molar-refractivity contribution in [3.05, 3.63) is 59.7 Å². The second-order valence-electron chi connectivity index (χ2n) is 7.01. The molecule has 6 nitrogen and oxygen atoms in total. The van der Waals surface area contributed by atoms with E-state index in [2.05, 4.69) is 22.8 Å². The van der Waals surface area contributed by atoms with Crippen molar-refractivity contribution in [1.29, 1.82) is 0 Å². The van der Waals surface area contributed by atoms with E-state index in [0.717, 1.165) is 29.9 Å². The highest BCUT2D eigenvalue weighted by Crippen LogP contribution is 2.35. The summed E-state index contributed by atoms with van der Waals surface area (Å²) in [6.45, 7) is 2.42. The first-order valence-electron chi connectivity index (χ1n) is 9.52. The number of hydrogen-bond acceptors (Lipinski definition) is 4. The molecule has 3 rings (SSSR count). The quantitative estimate of drug-likeness (QED) is 0.769. The van der Waals surface area contributed by atoms with Gasteiger partial charge in [-0.05, 0) is 48.2 Å². The van der Waals surface area contributed by atoms with Crippen LogP contribution in [0.4, 0.5) is 4.79 Å². The predicted molar refractivity (Wildman–Crippen MR) is 108 cm³/mol. The van der Waals surface area contributed by atoms with Crippen molar-refractivity contribution in [1.82, 2.24) is 10.6 Å². The third-order valence-corrected chi connectivity index (χ3v) is 5.35. The van der Waals surface area contributed by atoms with E-state index < -0.39 is 0 Å². The van der Waals surface area contributed by atoms with Crippen molar-refractivity contribution < 1.29 is 19.0 Å². The lowest BCUT2D eigenvalue weighted by Gasteiger charge is -2.38. The van der Waals surface area contributed by atoms with Crippen molar-refractivity contribution in [3.8, 4) is 11.5 Å². The van der Waals surface area contributed by atoms with Gasteiger partial charge in [0.1, 0.15) is 11.5 Å². The Morgan fingerprint density at radius 3 is 2.07 bits per heavy atom. The lowest BCUT2D eigenvalue weighted by atomic mass is 9.74. The van der Waals surface area contributed by atoms with Crippen LogP contribution in [0.5, 0.6) is 11.5 Å². The lowest BCUT2D eigenvalue weighted by Crippen LogP contribution is -2.47. The predicted octanol–water partition coefficient (Wildman–Crippen LogP) is 3.25. The first-order chi connectivity index (χ1) is 13.6. The Kier molecular flexibility index (Phi) is 6.76. The van der Waals surface area contributed by atoms with E-state index in [-0.39, 0.29) is 11.4 Å². The van der Waals surface area contributed by atoms with Gasteiger partial charge in [0, 0.05) is 31.7 Å². The smallest absolute Gasteiger partial charge is 0.315 e. The van der Waals surface area contributed by atoms with Gasteiger partial charge in [0.05, 0.1) is 14.2 Å². The number of carbonyl (C=O) groups excluding carboxylic acids is 1. The number of hydrogen-bond donors (Lipinski definition) is 2. The van der Waals surface area contributed by atoms with Gasteiger partial charge in [0.15, 0.2) is 0 Å². The molecule has 0 unspecified atom stereocenters. The van der Waals surface area contributed by atoms with Crippen molar-refractivity contribution in [2.45, 2.75) is 24.8 Å². The van der Waals surface area contributed by atoms with Gasteiger partial charge in [-0.1, -0.05) is 24.3 Å². The maximum atomic E-state index is 12.4. The molecule has 2 aromatic carbocycles. The third-order valence-electron chi connectivity index (χ3n) is 5.35. The number of nitrogens with one attached hydrogen (secondary N) is 2. The normalized spacial score (nSPS) is 15.5. The minimum atomic E-state index is -0.171. The Morgan fingerprint density at radius 1 is 0.929 bits per heavy atom. The SMILES string of the molecule is COc1ccc(CNC(=O)NCC2(c3ccc(OC)cc3)CCOCC2)cc1. The van der Waals surface area contributed by atoms with Crippen LogP contribution in [0.25, 0.3) is 0 Å². The Balaban J connectivity index is 1.58. The van der Waals surface area contributed by atoms with Crippen molar-refractivity contribution in [2.75, 3.05) is 34.0 Å². The zero-order valence-electron chi connectivity index (χ0n) is 16.5. The Labute approximate surface area is 166 Å². The monoisotopic (exact) mass is 384 g/mol. The summed E-state index contributed by atoms with van der Waals surface area (Å²) in [4.78, 5) is 12.4. The van der Waals surface area contributed by atoms with E-state index in [9.17, 15) is 4.79 Å². The number of ether oxygens (including phenoxy) is 3. The molecule has 0 saturated carbocycles. The van der Waals surface area contributed by atoms with Crippen LogP contribution in [0.3, 0.4) is 0 Å². The fourth-order valence-corrected chi connectivity index (χ4v) is 3.51. The summed E-state index contributed by atoms with van der Waals surface area (Å²) in [5, 5.41) is 5.97. The molecule has 150 valence electrons. The standard InChI is InChI=1S/C22H28N2O4/c1-26-19-7-3-17(4-8-19)15-23-21(25)24-16-22(11-13-28-14-12-22)18-5-9-20(27-2)10-6-18/h3-10H,11-16H2,1-2H3,(H2,23,24,25). The number of amides is 2. The Hall–Kier alpha value is -2.73. The summed E-state index contributed by atoms with van der Waals surface area (Å²) in [5.41, 5.74) is 2.10. The molecule has 0 aromatic heterocycles. The minimum absolute atomic E-state index is 0.123. The molecule has 28 heavy (non-hydrogen) atoms. The zero-order valence-corrected chi connectivity index (χ0v) is 16.5. The highest BCUT2D eigenvalue weighted by molar-refractivity contribution is 5.74. The Bertz CT molecular complexity index is 753. The fraction of sp³-hybridized carbons (Fsp3) is 0.409. The summed E-state index contributed by atoms with van der Waals surface area (Å²) in [6, 6.07) is 15.6. The van der Waals surface area contributed by atoms with Gasteiger partial charge in [-0.3, -0.25) is 0 Å². The van der Waals surface area contributed by atoms with E-state index in [1.54, 1.807) is 14.2 Å². The van der Waals surface area contributed by atoms with Crippen molar-refractivity contribution in [2.24, 2.45) is 0 Å². The maximum absolute atomic E-state index is 12.4. The van der Waals surface area contributed by atoms with Crippen LogP contribution in [0.1, 0.15) is 24.0 Å². The molecule has 1 saturated heterocycles. The first-order valence-corrected chi connectivity index (χ1v) is 9.52. The van der Waals surface area contributed by atoms with Gasteiger partial charge >= 0.3 is 6.03 Å². The molecule has 1 aliphatic rings. The van der Waals surface area contributed by atoms with E-state index in [4.69, 9.17) is 14.2 Å². The summed E-state index contributed by atoms with van der Waals surface area (Å²) in [7, 11) is 3.30. The second kappa shape index (κ2) is 9.46. The number of carbonyl (C=O) groups is 1. The molecule has 1 aliphatic heterocycles. The summed E-state index contributed by atoms with van der Waals surface area (Å²) >= 11 is 0. The molecule has 0 bridgehead atoms. The number of rotatable bonds is 7. The average molecular weight is 384 g/mol. The van der Waals surface area contributed by atoms with Crippen LogP contribution in [0, 0.1) is 0 Å². The molecule has 1 fully saturated rings. The van der Waals surface area contributed by atoms with E-state index in [0.29, 0.717) is 26.3 Å². The molecule has 2 aromatic rings. The van der Waals surface area contributed by atoms with Crippen molar-refractivity contribution >= 4 is 6.03 Å². The third kappa shape index (κ3) is 4.95. The minimum Gasteiger partial charge on any atom is -0.497 e. The maximum Gasteiger partial charge on any atom is 0.315 e. The molecule has 0 atom stereocenters.